The smallest absolute Gasteiger partial charge is 0.338 e. The quantitative estimate of drug-likeness (QED) is 0.505. The third-order valence-corrected chi connectivity index (χ3v) is 4.33. The van der Waals surface area contributed by atoms with Crippen LogP contribution < -0.4 is 5.63 Å². The Morgan fingerprint density at radius 1 is 1.04 bits per heavy atom. The summed E-state index contributed by atoms with van der Waals surface area (Å²) in [6, 6.07) is 14.4. The zero-order valence-electron chi connectivity index (χ0n) is 15.5. The molecule has 26 heavy (non-hydrogen) atoms. The van der Waals surface area contributed by atoms with Crippen LogP contribution in [0.3, 0.4) is 0 Å². The fraction of sp³-hybridized carbons (Fsp3) is 0.273. The summed E-state index contributed by atoms with van der Waals surface area (Å²) < 4.78 is 10.6. The van der Waals surface area contributed by atoms with Crippen molar-refractivity contribution in [2.45, 2.75) is 39.7 Å². The average Bonchev–Trinajstić information content (AvgIpc) is 2.58. The molecule has 0 bridgehead atoms. The molecule has 0 atom stereocenters. The van der Waals surface area contributed by atoms with Crippen LogP contribution in [0.25, 0.3) is 11.0 Å². The van der Waals surface area contributed by atoms with Gasteiger partial charge in [0.15, 0.2) is 0 Å². The van der Waals surface area contributed by atoms with Gasteiger partial charge in [-0.05, 0) is 41.7 Å². The molecule has 1 aromatic heterocycles. The van der Waals surface area contributed by atoms with Crippen molar-refractivity contribution in [3.63, 3.8) is 0 Å². The van der Waals surface area contributed by atoms with Crippen molar-refractivity contribution in [3.8, 4) is 0 Å². The molecule has 4 heteroatoms. The first kappa shape index (κ1) is 17.9. The van der Waals surface area contributed by atoms with Gasteiger partial charge in [-0.2, -0.15) is 0 Å². The second-order valence-electron chi connectivity index (χ2n) is 7.49. The Bertz CT molecular complexity index is 1000. The molecular formula is C22H22O4. The number of ether oxygens (including phenoxy) is 1. The van der Waals surface area contributed by atoms with Gasteiger partial charge >= 0.3 is 11.6 Å². The van der Waals surface area contributed by atoms with E-state index in [4.69, 9.17) is 9.15 Å². The lowest BCUT2D eigenvalue weighted by Crippen LogP contribution is -2.12. The summed E-state index contributed by atoms with van der Waals surface area (Å²) in [6.45, 7) is 8.30. The van der Waals surface area contributed by atoms with E-state index in [1.165, 1.54) is 6.07 Å². The summed E-state index contributed by atoms with van der Waals surface area (Å²) in [5.41, 5.74) is 3.33. The predicted molar refractivity (Wildman–Crippen MR) is 101 cm³/mol. The van der Waals surface area contributed by atoms with Crippen LogP contribution in [0.1, 0.15) is 47.8 Å². The lowest BCUT2D eigenvalue weighted by molar-refractivity contribution is 0.0473. The van der Waals surface area contributed by atoms with Crippen LogP contribution in [0.2, 0.25) is 0 Å². The van der Waals surface area contributed by atoms with E-state index in [1.54, 1.807) is 18.2 Å². The Balaban J connectivity index is 1.80. The van der Waals surface area contributed by atoms with Crippen molar-refractivity contribution in [3.05, 3.63) is 81.2 Å². The Labute approximate surface area is 152 Å². The highest BCUT2D eigenvalue weighted by Gasteiger charge is 2.15. The molecule has 2 aromatic carbocycles. The minimum absolute atomic E-state index is 0.0189. The number of hydrogen-bond donors (Lipinski definition) is 0. The van der Waals surface area contributed by atoms with E-state index >= 15 is 0 Å². The molecule has 0 unspecified atom stereocenters. The highest BCUT2D eigenvalue weighted by molar-refractivity contribution is 5.89. The summed E-state index contributed by atoms with van der Waals surface area (Å²) in [6.07, 6.45) is 0. The first-order valence-electron chi connectivity index (χ1n) is 8.55. The molecule has 0 saturated heterocycles. The zero-order valence-corrected chi connectivity index (χ0v) is 15.5. The molecule has 134 valence electrons. The van der Waals surface area contributed by atoms with Crippen molar-refractivity contribution in [2.24, 2.45) is 0 Å². The van der Waals surface area contributed by atoms with E-state index in [1.807, 2.05) is 31.2 Å². The second-order valence-corrected chi connectivity index (χ2v) is 7.49. The van der Waals surface area contributed by atoms with E-state index < -0.39 is 11.6 Å². The van der Waals surface area contributed by atoms with E-state index in [-0.39, 0.29) is 12.0 Å². The fourth-order valence-electron chi connectivity index (χ4n) is 2.79. The number of fused-ring (bicyclic) bond motifs is 1. The van der Waals surface area contributed by atoms with Gasteiger partial charge in [-0.1, -0.05) is 45.0 Å². The van der Waals surface area contributed by atoms with Crippen LogP contribution in [-0.4, -0.2) is 5.97 Å². The molecule has 0 aliphatic heterocycles. The average molecular weight is 350 g/mol. The lowest BCUT2D eigenvalue weighted by atomic mass is 9.87. The van der Waals surface area contributed by atoms with Crippen molar-refractivity contribution < 1.29 is 13.9 Å². The number of hydrogen-bond acceptors (Lipinski definition) is 4. The summed E-state index contributed by atoms with van der Waals surface area (Å²) in [4.78, 5) is 24.1. The van der Waals surface area contributed by atoms with Gasteiger partial charge in [0.25, 0.3) is 0 Å². The van der Waals surface area contributed by atoms with Gasteiger partial charge in [-0.3, -0.25) is 0 Å². The van der Waals surface area contributed by atoms with E-state index in [2.05, 4.69) is 20.8 Å². The summed E-state index contributed by atoms with van der Waals surface area (Å²) in [7, 11) is 0. The lowest BCUT2D eigenvalue weighted by Gasteiger charge is -2.18. The van der Waals surface area contributed by atoms with Gasteiger partial charge in [0.1, 0.15) is 12.2 Å². The number of benzene rings is 2. The fourth-order valence-corrected chi connectivity index (χ4v) is 2.79. The minimum atomic E-state index is -0.455. The van der Waals surface area contributed by atoms with Gasteiger partial charge in [-0.25, -0.2) is 9.59 Å². The monoisotopic (exact) mass is 350 g/mol. The molecule has 4 nitrogen and oxygen atoms in total. The topological polar surface area (TPSA) is 56.5 Å². The normalized spacial score (nSPS) is 11.5. The van der Waals surface area contributed by atoms with Crippen molar-refractivity contribution in [1.29, 1.82) is 0 Å². The number of aryl methyl sites for hydroxylation is 1. The Hall–Kier alpha value is -2.88. The SMILES string of the molecule is Cc1ccc2c(COC(=O)c3ccc(C(C)(C)C)cc3)cc(=O)oc2c1. The molecule has 0 fully saturated rings. The van der Waals surface area contributed by atoms with Gasteiger partial charge in [0, 0.05) is 17.0 Å². The third kappa shape index (κ3) is 3.85. The maximum absolute atomic E-state index is 12.3. The van der Waals surface area contributed by atoms with Gasteiger partial charge in [0.05, 0.1) is 5.56 Å². The van der Waals surface area contributed by atoms with Gasteiger partial charge in [0.2, 0.25) is 0 Å². The Morgan fingerprint density at radius 3 is 2.38 bits per heavy atom. The first-order chi connectivity index (χ1) is 12.2. The molecule has 0 aliphatic rings. The molecule has 3 aromatic rings. The highest BCUT2D eigenvalue weighted by Crippen LogP contribution is 2.23. The molecule has 0 spiro atoms. The number of rotatable bonds is 3. The van der Waals surface area contributed by atoms with E-state index in [9.17, 15) is 9.59 Å². The zero-order chi connectivity index (χ0) is 18.9. The van der Waals surface area contributed by atoms with Crippen LogP contribution in [0.5, 0.6) is 0 Å². The molecular weight excluding hydrogens is 328 g/mol. The van der Waals surface area contributed by atoms with Gasteiger partial charge in [-0.15, -0.1) is 0 Å². The first-order valence-corrected chi connectivity index (χ1v) is 8.55. The summed E-state index contributed by atoms with van der Waals surface area (Å²) in [5, 5.41) is 0.770. The minimum Gasteiger partial charge on any atom is -0.457 e. The molecule has 3 rings (SSSR count). The molecule has 0 radical (unpaired) electrons. The number of carbonyl (C=O) groups excluding carboxylic acids is 1. The molecule has 0 saturated carbocycles. The van der Waals surface area contributed by atoms with Crippen LogP contribution in [0.15, 0.2) is 57.7 Å². The van der Waals surface area contributed by atoms with Crippen LogP contribution >= 0.6 is 0 Å². The number of esters is 1. The standard InChI is InChI=1S/C22H22O4/c1-14-5-10-18-16(12-20(23)26-19(18)11-14)13-25-21(24)15-6-8-17(9-7-15)22(2,3)4/h5-12H,13H2,1-4H3. The van der Waals surface area contributed by atoms with Crippen molar-refractivity contribution in [1.82, 2.24) is 0 Å². The Kier molecular flexibility index (Phi) is 4.68. The molecule has 0 amide bonds. The maximum atomic E-state index is 12.3. The predicted octanol–water partition coefficient (Wildman–Crippen LogP) is 4.76. The second kappa shape index (κ2) is 6.79. The molecule has 0 aliphatic carbocycles. The van der Waals surface area contributed by atoms with E-state index in [0.29, 0.717) is 16.7 Å². The van der Waals surface area contributed by atoms with E-state index in [0.717, 1.165) is 16.5 Å². The molecule has 1 heterocycles. The number of carbonyl (C=O) groups is 1. The van der Waals surface area contributed by atoms with Crippen LogP contribution in [0, 0.1) is 6.92 Å². The largest absolute Gasteiger partial charge is 0.457 e. The highest BCUT2D eigenvalue weighted by atomic mass is 16.5. The van der Waals surface area contributed by atoms with Crippen molar-refractivity contribution >= 4 is 16.9 Å². The van der Waals surface area contributed by atoms with Crippen LogP contribution in [0.4, 0.5) is 0 Å². The van der Waals surface area contributed by atoms with Crippen molar-refractivity contribution in [2.75, 3.05) is 0 Å². The summed E-state index contributed by atoms with van der Waals surface area (Å²) >= 11 is 0. The summed E-state index contributed by atoms with van der Waals surface area (Å²) in [5.74, 6) is -0.418. The molecule has 0 N–H and O–H groups in total. The Morgan fingerprint density at radius 2 is 1.73 bits per heavy atom. The van der Waals surface area contributed by atoms with Crippen LogP contribution in [-0.2, 0) is 16.8 Å². The maximum Gasteiger partial charge on any atom is 0.338 e. The third-order valence-electron chi connectivity index (χ3n) is 4.33. The van der Waals surface area contributed by atoms with Gasteiger partial charge < -0.3 is 9.15 Å².